The van der Waals surface area contributed by atoms with Crippen molar-refractivity contribution in [1.29, 1.82) is 0 Å². The summed E-state index contributed by atoms with van der Waals surface area (Å²) in [5.41, 5.74) is 0. The lowest BCUT2D eigenvalue weighted by Crippen LogP contribution is -2.47. The van der Waals surface area contributed by atoms with Crippen molar-refractivity contribution in [1.82, 2.24) is 14.9 Å². The van der Waals surface area contributed by atoms with E-state index in [-0.39, 0.29) is 17.9 Å². The molecule has 2 atom stereocenters. The SMILES string of the molecule is CN(C)c1nccnc1O[C@@H]1CCCN(C(=O)[C@@H]2CC=CCC2)C1. The van der Waals surface area contributed by atoms with Crippen molar-refractivity contribution in [2.75, 3.05) is 32.1 Å². The molecule has 0 bridgehead atoms. The predicted octanol–water partition coefficient (Wildman–Crippen LogP) is 2.27. The highest BCUT2D eigenvalue weighted by molar-refractivity contribution is 5.79. The first-order valence-corrected chi connectivity index (χ1v) is 8.74. The van der Waals surface area contributed by atoms with Crippen LogP contribution < -0.4 is 9.64 Å². The van der Waals surface area contributed by atoms with Crippen LogP contribution in [0.1, 0.15) is 32.1 Å². The average Bonchev–Trinajstić information content (AvgIpc) is 2.62. The van der Waals surface area contributed by atoms with Gasteiger partial charge in [0.1, 0.15) is 6.10 Å². The van der Waals surface area contributed by atoms with Crippen LogP contribution >= 0.6 is 0 Å². The van der Waals surface area contributed by atoms with Gasteiger partial charge in [0.05, 0.1) is 6.54 Å². The lowest BCUT2D eigenvalue weighted by Gasteiger charge is -2.35. The number of hydrogen-bond acceptors (Lipinski definition) is 5. The van der Waals surface area contributed by atoms with E-state index < -0.39 is 0 Å². The molecule has 0 N–H and O–H groups in total. The van der Waals surface area contributed by atoms with E-state index in [1.807, 2.05) is 23.9 Å². The highest BCUT2D eigenvalue weighted by Crippen LogP contribution is 2.26. The number of nitrogens with zero attached hydrogens (tertiary/aromatic N) is 4. The minimum atomic E-state index is -0.0165. The molecule has 24 heavy (non-hydrogen) atoms. The Labute approximate surface area is 143 Å². The van der Waals surface area contributed by atoms with E-state index in [4.69, 9.17) is 4.74 Å². The van der Waals surface area contributed by atoms with Gasteiger partial charge >= 0.3 is 0 Å². The smallest absolute Gasteiger partial charge is 0.257 e. The van der Waals surface area contributed by atoms with Crippen molar-refractivity contribution in [3.63, 3.8) is 0 Å². The molecule has 1 saturated heterocycles. The fourth-order valence-corrected chi connectivity index (χ4v) is 3.38. The molecule has 6 nitrogen and oxygen atoms in total. The first-order chi connectivity index (χ1) is 11.6. The van der Waals surface area contributed by atoms with Gasteiger partial charge in [0.15, 0.2) is 5.82 Å². The zero-order valence-corrected chi connectivity index (χ0v) is 14.5. The maximum absolute atomic E-state index is 12.7. The Balaban J connectivity index is 1.63. The van der Waals surface area contributed by atoms with Crippen molar-refractivity contribution in [2.24, 2.45) is 5.92 Å². The quantitative estimate of drug-likeness (QED) is 0.793. The number of ether oxygens (including phenoxy) is 1. The van der Waals surface area contributed by atoms with Gasteiger partial charge in [0.2, 0.25) is 5.91 Å². The van der Waals surface area contributed by atoms with E-state index in [1.54, 1.807) is 12.4 Å². The third kappa shape index (κ3) is 3.86. The summed E-state index contributed by atoms with van der Waals surface area (Å²) < 4.78 is 6.09. The van der Waals surface area contributed by atoms with E-state index >= 15 is 0 Å². The zero-order valence-electron chi connectivity index (χ0n) is 14.5. The van der Waals surface area contributed by atoms with Gasteiger partial charge in [-0.1, -0.05) is 12.2 Å². The van der Waals surface area contributed by atoms with Crippen molar-refractivity contribution < 1.29 is 9.53 Å². The van der Waals surface area contributed by atoms with Crippen LogP contribution in [0.25, 0.3) is 0 Å². The minimum absolute atomic E-state index is 0.0165. The van der Waals surface area contributed by atoms with Gasteiger partial charge in [-0.3, -0.25) is 4.79 Å². The summed E-state index contributed by atoms with van der Waals surface area (Å²) in [6.07, 6.45) is 12.3. The number of carbonyl (C=O) groups is 1. The van der Waals surface area contributed by atoms with Crippen molar-refractivity contribution in [2.45, 2.75) is 38.2 Å². The summed E-state index contributed by atoms with van der Waals surface area (Å²) in [5, 5.41) is 0. The van der Waals surface area contributed by atoms with Gasteiger partial charge < -0.3 is 14.5 Å². The zero-order chi connectivity index (χ0) is 16.9. The van der Waals surface area contributed by atoms with Gasteiger partial charge in [-0.25, -0.2) is 9.97 Å². The van der Waals surface area contributed by atoms with Crippen molar-refractivity contribution >= 4 is 11.7 Å². The number of anilines is 1. The first kappa shape index (κ1) is 16.7. The molecule has 1 aliphatic heterocycles. The lowest BCUT2D eigenvalue weighted by molar-refractivity contribution is -0.138. The Morgan fingerprint density at radius 1 is 1.25 bits per heavy atom. The molecule has 2 aliphatic rings. The molecule has 0 radical (unpaired) electrons. The highest BCUT2D eigenvalue weighted by Gasteiger charge is 2.30. The molecule has 0 saturated carbocycles. The molecule has 130 valence electrons. The third-order valence-corrected chi connectivity index (χ3v) is 4.66. The average molecular weight is 330 g/mol. The van der Waals surface area contributed by atoms with E-state index in [0.717, 1.165) is 44.5 Å². The predicted molar refractivity (Wildman–Crippen MR) is 93.1 cm³/mol. The molecule has 1 aromatic heterocycles. The maximum atomic E-state index is 12.7. The lowest BCUT2D eigenvalue weighted by atomic mass is 9.92. The van der Waals surface area contributed by atoms with E-state index in [9.17, 15) is 4.79 Å². The molecular weight excluding hydrogens is 304 g/mol. The third-order valence-electron chi connectivity index (χ3n) is 4.66. The molecule has 0 aromatic carbocycles. The second-order valence-corrected chi connectivity index (χ2v) is 6.73. The normalized spacial score (nSPS) is 23.8. The van der Waals surface area contributed by atoms with Gasteiger partial charge in [0.25, 0.3) is 5.88 Å². The number of likely N-dealkylation sites (tertiary alicyclic amines) is 1. The Bertz CT molecular complexity index is 602. The second-order valence-electron chi connectivity index (χ2n) is 6.73. The Kier molecular flexibility index (Phi) is 5.33. The molecule has 2 heterocycles. The van der Waals surface area contributed by atoms with E-state index in [1.165, 1.54) is 0 Å². The molecule has 0 unspecified atom stereocenters. The number of rotatable bonds is 4. The van der Waals surface area contributed by atoms with Crippen LogP contribution in [0.2, 0.25) is 0 Å². The Hall–Kier alpha value is -2.11. The van der Waals surface area contributed by atoms with Crippen LogP contribution in [0, 0.1) is 5.92 Å². The number of aromatic nitrogens is 2. The van der Waals surface area contributed by atoms with Crippen LogP contribution in [0.15, 0.2) is 24.5 Å². The van der Waals surface area contributed by atoms with Crippen LogP contribution in [-0.4, -0.2) is 54.1 Å². The van der Waals surface area contributed by atoms with Gasteiger partial charge in [-0.05, 0) is 32.1 Å². The fraction of sp³-hybridized carbons (Fsp3) is 0.611. The van der Waals surface area contributed by atoms with E-state index in [0.29, 0.717) is 12.4 Å². The summed E-state index contributed by atoms with van der Waals surface area (Å²) in [5.74, 6) is 1.68. The monoisotopic (exact) mass is 330 g/mol. The summed E-state index contributed by atoms with van der Waals surface area (Å²) in [7, 11) is 3.84. The van der Waals surface area contributed by atoms with Crippen LogP contribution in [0.5, 0.6) is 5.88 Å². The Morgan fingerprint density at radius 3 is 2.83 bits per heavy atom. The van der Waals surface area contributed by atoms with Crippen LogP contribution in [0.4, 0.5) is 5.82 Å². The number of piperidine rings is 1. The summed E-state index contributed by atoms with van der Waals surface area (Å²) in [6.45, 7) is 1.47. The highest BCUT2D eigenvalue weighted by atomic mass is 16.5. The minimum Gasteiger partial charge on any atom is -0.470 e. The molecule has 1 aromatic rings. The molecular formula is C18H26N4O2. The second kappa shape index (κ2) is 7.64. The number of carbonyl (C=O) groups excluding carboxylic acids is 1. The summed E-state index contributed by atoms with van der Waals surface area (Å²) >= 11 is 0. The summed E-state index contributed by atoms with van der Waals surface area (Å²) in [6, 6.07) is 0. The molecule has 1 fully saturated rings. The standard InChI is InChI=1S/C18H26N4O2/c1-21(2)16-17(20-11-10-19-16)24-15-9-6-12-22(13-15)18(23)14-7-4-3-5-8-14/h3-4,10-11,14-15H,5-9,12-13H2,1-2H3/t14-,15-/m1/s1. The largest absolute Gasteiger partial charge is 0.470 e. The summed E-state index contributed by atoms with van der Waals surface area (Å²) in [4.78, 5) is 25.2. The molecule has 6 heteroatoms. The first-order valence-electron chi connectivity index (χ1n) is 8.74. The van der Waals surface area contributed by atoms with Crippen LogP contribution in [-0.2, 0) is 4.79 Å². The molecule has 0 spiro atoms. The Morgan fingerprint density at radius 2 is 2.08 bits per heavy atom. The van der Waals surface area contributed by atoms with E-state index in [2.05, 4.69) is 22.1 Å². The van der Waals surface area contributed by atoms with Gasteiger partial charge in [-0.2, -0.15) is 0 Å². The fourth-order valence-electron chi connectivity index (χ4n) is 3.38. The van der Waals surface area contributed by atoms with Crippen molar-refractivity contribution in [3.8, 4) is 5.88 Å². The number of hydrogen-bond donors (Lipinski definition) is 0. The van der Waals surface area contributed by atoms with Crippen LogP contribution in [0.3, 0.4) is 0 Å². The molecule has 1 amide bonds. The molecule has 3 rings (SSSR count). The topological polar surface area (TPSA) is 58.6 Å². The maximum Gasteiger partial charge on any atom is 0.257 e. The van der Waals surface area contributed by atoms with Gasteiger partial charge in [-0.15, -0.1) is 0 Å². The number of amides is 1. The van der Waals surface area contributed by atoms with Crippen molar-refractivity contribution in [3.05, 3.63) is 24.5 Å². The number of allylic oxidation sites excluding steroid dienone is 2. The molecule has 1 aliphatic carbocycles. The van der Waals surface area contributed by atoms with Gasteiger partial charge in [0, 0.05) is 39.0 Å².